The van der Waals surface area contributed by atoms with Gasteiger partial charge in [-0.15, -0.1) is 0 Å². The molecule has 150 valence electrons. The molecule has 0 spiro atoms. The molecule has 0 aliphatic heterocycles. The van der Waals surface area contributed by atoms with Crippen molar-refractivity contribution in [2.24, 2.45) is 22.9 Å². The van der Waals surface area contributed by atoms with Crippen molar-refractivity contribution < 1.29 is 44.0 Å². The first-order chi connectivity index (χ1) is 11.9. The third-order valence-corrected chi connectivity index (χ3v) is 2.71. The molecule has 0 aliphatic carbocycles. The highest BCUT2D eigenvalue weighted by Gasteiger charge is 2.19. The number of nitrogens with two attached hydrogens (primary N) is 4. The molecule has 0 heterocycles. The SMILES string of the molecule is NC(=O)CC[C@H](N)C(=O)OC[C@H](N)C(=O)O.N[C@@H](CCC(=O)O)C(=O)O. The Bertz CT molecular complexity index is 512. The number of carbonyl (C=O) groups excluding carboxylic acids is 2. The number of ether oxygens (including phenoxy) is 1. The van der Waals surface area contributed by atoms with Gasteiger partial charge in [0.25, 0.3) is 0 Å². The van der Waals surface area contributed by atoms with Gasteiger partial charge in [0.2, 0.25) is 5.91 Å². The maximum absolute atomic E-state index is 11.1. The van der Waals surface area contributed by atoms with Crippen molar-refractivity contribution in [3.05, 3.63) is 0 Å². The lowest BCUT2D eigenvalue weighted by Gasteiger charge is -2.12. The molecular weight excluding hydrogens is 356 g/mol. The maximum atomic E-state index is 11.1. The highest BCUT2D eigenvalue weighted by molar-refractivity contribution is 5.79. The molecule has 13 heteroatoms. The molecule has 26 heavy (non-hydrogen) atoms. The van der Waals surface area contributed by atoms with E-state index in [1.165, 1.54) is 0 Å². The Labute approximate surface area is 148 Å². The zero-order chi connectivity index (χ0) is 20.9. The number of aliphatic carboxylic acids is 3. The summed E-state index contributed by atoms with van der Waals surface area (Å²) >= 11 is 0. The fourth-order valence-electron chi connectivity index (χ4n) is 1.17. The smallest absolute Gasteiger partial charge is 0.324 e. The first kappa shape index (κ1) is 25.5. The zero-order valence-corrected chi connectivity index (χ0v) is 13.9. The van der Waals surface area contributed by atoms with Crippen LogP contribution in [0.25, 0.3) is 0 Å². The van der Waals surface area contributed by atoms with Gasteiger partial charge in [-0.25, -0.2) is 0 Å². The number of esters is 1. The summed E-state index contributed by atoms with van der Waals surface area (Å²) in [6.07, 6.45) is -0.212. The van der Waals surface area contributed by atoms with Crippen LogP contribution < -0.4 is 22.9 Å². The molecule has 0 unspecified atom stereocenters. The van der Waals surface area contributed by atoms with E-state index in [-0.39, 0.29) is 25.7 Å². The topological polar surface area (TPSA) is 259 Å². The van der Waals surface area contributed by atoms with E-state index in [1.807, 2.05) is 0 Å². The number of carboxylic acid groups (broad SMARTS) is 3. The molecule has 0 aromatic carbocycles. The van der Waals surface area contributed by atoms with Gasteiger partial charge in [0, 0.05) is 12.8 Å². The van der Waals surface area contributed by atoms with Crippen molar-refractivity contribution in [3.8, 4) is 0 Å². The largest absolute Gasteiger partial charge is 0.481 e. The number of carboxylic acids is 3. The maximum Gasteiger partial charge on any atom is 0.324 e. The molecule has 0 aliphatic rings. The van der Waals surface area contributed by atoms with Gasteiger partial charge in [-0.1, -0.05) is 0 Å². The van der Waals surface area contributed by atoms with Crippen molar-refractivity contribution in [1.29, 1.82) is 0 Å². The lowest BCUT2D eigenvalue weighted by molar-refractivity contribution is -0.149. The van der Waals surface area contributed by atoms with Gasteiger partial charge < -0.3 is 43.0 Å². The van der Waals surface area contributed by atoms with Crippen LogP contribution in [0, 0.1) is 0 Å². The van der Waals surface area contributed by atoms with Gasteiger partial charge in [0.05, 0.1) is 0 Å². The number of carbonyl (C=O) groups is 5. The lowest BCUT2D eigenvalue weighted by atomic mass is 10.1. The summed E-state index contributed by atoms with van der Waals surface area (Å²) in [6, 6.07) is -3.35. The van der Waals surface area contributed by atoms with E-state index in [2.05, 4.69) is 4.74 Å². The van der Waals surface area contributed by atoms with Gasteiger partial charge in [-0.3, -0.25) is 24.0 Å². The van der Waals surface area contributed by atoms with Crippen molar-refractivity contribution in [1.82, 2.24) is 0 Å². The zero-order valence-electron chi connectivity index (χ0n) is 13.9. The van der Waals surface area contributed by atoms with E-state index in [4.69, 9.17) is 38.3 Å². The number of hydrogen-bond acceptors (Lipinski definition) is 9. The Morgan fingerprint density at radius 3 is 1.62 bits per heavy atom. The Kier molecular flexibility index (Phi) is 13.2. The van der Waals surface area contributed by atoms with Crippen LogP contribution in [-0.4, -0.2) is 69.8 Å². The molecule has 11 N–H and O–H groups in total. The van der Waals surface area contributed by atoms with Crippen LogP contribution >= 0.6 is 0 Å². The number of rotatable bonds is 11. The van der Waals surface area contributed by atoms with E-state index in [0.717, 1.165) is 0 Å². The summed E-state index contributed by atoms with van der Waals surface area (Å²) in [5, 5.41) is 24.7. The van der Waals surface area contributed by atoms with Crippen molar-refractivity contribution >= 4 is 29.8 Å². The van der Waals surface area contributed by atoms with Crippen LogP contribution in [0.3, 0.4) is 0 Å². The number of hydrogen-bond donors (Lipinski definition) is 7. The molecule has 13 nitrogen and oxygen atoms in total. The quantitative estimate of drug-likeness (QED) is 0.175. The van der Waals surface area contributed by atoms with Crippen molar-refractivity contribution in [3.63, 3.8) is 0 Å². The first-order valence-corrected chi connectivity index (χ1v) is 7.27. The summed E-state index contributed by atoms with van der Waals surface area (Å²) in [5.41, 5.74) is 20.3. The summed E-state index contributed by atoms with van der Waals surface area (Å²) in [5.74, 6) is -4.86. The highest BCUT2D eigenvalue weighted by atomic mass is 16.5. The summed E-state index contributed by atoms with van der Waals surface area (Å²) in [4.78, 5) is 51.7. The van der Waals surface area contributed by atoms with Crippen LogP contribution in [0.2, 0.25) is 0 Å². The molecule has 1 amide bonds. The second-order valence-electron chi connectivity index (χ2n) is 5.06. The Morgan fingerprint density at radius 2 is 1.23 bits per heavy atom. The summed E-state index contributed by atoms with van der Waals surface area (Å²) in [7, 11) is 0. The average Bonchev–Trinajstić information content (AvgIpc) is 2.54. The van der Waals surface area contributed by atoms with Gasteiger partial charge in [-0.2, -0.15) is 0 Å². The number of amides is 1. The Morgan fingerprint density at radius 1 is 0.769 bits per heavy atom. The van der Waals surface area contributed by atoms with Gasteiger partial charge in [0.1, 0.15) is 24.7 Å². The lowest BCUT2D eigenvalue weighted by Crippen LogP contribution is -2.39. The fraction of sp³-hybridized carbons (Fsp3) is 0.615. The molecule has 0 rings (SSSR count). The van der Waals surface area contributed by atoms with Crippen LogP contribution in [0.1, 0.15) is 25.7 Å². The van der Waals surface area contributed by atoms with Gasteiger partial charge >= 0.3 is 23.9 Å². The van der Waals surface area contributed by atoms with E-state index < -0.39 is 54.5 Å². The molecule has 3 atom stereocenters. The molecule has 0 bridgehead atoms. The Hall–Kier alpha value is -2.77. The minimum atomic E-state index is -1.28. The summed E-state index contributed by atoms with van der Waals surface area (Å²) < 4.78 is 4.54. The predicted octanol–water partition coefficient (Wildman–Crippen LogP) is -3.20. The van der Waals surface area contributed by atoms with E-state index in [0.29, 0.717) is 0 Å². The van der Waals surface area contributed by atoms with E-state index >= 15 is 0 Å². The second kappa shape index (κ2) is 13.5. The van der Waals surface area contributed by atoms with Crippen LogP contribution in [0.15, 0.2) is 0 Å². The molecular formula is C13H24N4O9. The highest BCUT2D eigenvalue weighted by Crippen LogP contribution is 1.97. The second-order valence-corrected chi connectivity index (χ2v) is 5.06. The first-order valence-electron chi connectivity index (χ1n) is 7.27. The molecule has 0 aromatic rings. The minimum Gasteiger partial charge on any atom is -0.481 e. The predicted molar refractivity (Wildman–Crippen MR) is 85.5 cm³/mol. The Balaban J connectivity index is 0. The number of primary amides is 1. The standard InChI is InChI=1S/C8H15N3O5.C5H9NO4/c9-4(1-2-6(11)12)8(15)16-3-5(10)7(13)14;6-3(5(9)10)1-2-4(7)8/h4-5H,1-3,9-10H2,(H2,11,12)(H,13,14);3H,1-2,6H2,(H,7,8)(H,9,10)/t4-,5-;3-/m00/s1. The molecule has 0 aromatic heterocycles. The van der Waals surface area contributed by atoms with E-state index in [9.17, 15) is 24.0 Å². The third-order valence-electron chi connectivity index (χ3n) is 2.71. The molecule has 0 saturated carbocycles. The van der Waals surface area contributed by atoms with Crippen LogP contribution in [0.5, 0.6) is 0 Å². The van der Waals surface area contributed by atoms with Crippen molar-refractivity contribution in [2.45, 2.75) is 43.8 Å². The average molecular weight is 380 g/mol. The molecule has 0 fully saturated rings. The monoisotopic (exact) mass is 380 g/mol. The normalized spacial score (nSPS) is 13.3. The minimum absolute atomic E-state index is 0.0231. The van der Waals surface area contributed by atoms with Crippen LogP contribution in [0.4, 0.5) is 0 Å². The third kappa shape index (κ3) is 14.8. The van der Waals surface area contributed by atoms with Gasteiger partial charge in [0.15, 0.2) is 0 Å². The summed E-state index contributed by atoms with van der Waals surface area (Å²) in [6.45, 7) is -0.460. The molecule has 0 radical (unpaired) electrons. The van der Waals surface area contributed by atoms with E-state index in [1.54, 1.807) is 0 Å². The van der Waals surface area contributed by atoms with Crippen molar-refractivity contribution in [2.75, 3.05) is 6.61 Å². The van der Waals surface area contributed by atoms with Crippen LogP contribution in [-0.2, 0) is 28.7 Å². The molecule has 0 saturated heterocycles. The van der Waals surface area contributed by atoms with Gasteiger partial charge in [-0.05, 0) is 12.8 Å². The fourth-order valence-corrected chi connectivity index (χ4v) is 1.17.